The van der Waals surface area contributed by atoms with Crippen molar-refractivity contribution in [1.82, 2.24) is 5.32 Å². The van der Waals surface area contributed by atoms with E-state index in [0.717, 1.165) is 57.8 Å². The van der Waals surface area contributed by atoms with Crippen LogP contribution in [-0.4, -0.2) is 73.4 Å². The highest BCUT2D eigenvalue weighted by Crippen LogP contribution is 2.43. The lowest BCUT2D eigenvalue weighted by atomic mass is 10.1. The van der Waals surface area contributed by atoms with Crippen molar-refractivity contribution in [1.29, 1.82) is 0 Å². The number of likely N-dealkylation sites (N-methyl/N-ethyl adjacent to an activating group) is 1. The third-order valence-corrected chi connectivity index (χ3v) is 12.9. The summed E-state index contributed by atoms with van der Waals surface area (Å²) in [5.74, 6) is -0.199. The van der Waals surface area contributed by atoms with Crippen molar-refractivity contribution in [2.45, 2.75) is 251 Å². The summed E-state index contributed by atoms with van der Waals surface area (Å²) >= 11 is 0. The molecule has 3 atom stereocenters. The second-order valence-corrected chi connectivity index (χ2v) is 21.0. The normalized spacial score (nSPS) is 14.5. The molecule has 0 aromatic heterocycles. The molecule has 1 amide bonds. The van der Waals surface area contributed by atoms with Crippen LogP contribution in [0.25, 0.3) is 0 Å². The van der Waals surface area contributed by atoms with E-state index in [-0.39, 0.29) is 19.1 Å². The number of unbranched alkanes of at least 4 members (excludes halogenated alkanes) is 28. The van der Waals surface area contributed by atoms with Gasteiger partial charge in [-0.3, -0.25) is 13.8 Å². The first kappa shape index (κ1) is 63.2. The summed E-state index contributed by atoms with van der Waals surface area (Å²) in [6, 6.07) is -0.876. The zero-order chi connectivity index (χ0) is 47.8. The number of rotatable bonds is 49. The van der Waals surface area contributed by atoms with E-state index in [0.29, 0.717) is 17.4 Å². The summed E-state index contributed by atoms with van der Waals surface area (Å²) in [5, 5.41) is 13.9. The minimum Gasteiger partial charge on any atom is -0.387 e. The van der Waals surface area contributed by atoms with Crippen LogP contribution in [0.4, 0.5) is 0 Å². The molecule has 3 unspecified atom stereocenters. The van der Waals surface area contributed by atoms with Crippen molar-refractivity contribution >= 4 is 13.7 Å². The van der Waals surface area contributed by atoms with E-state index < -0.39 is 20.0 Å². The largest absolute Gasteiger partial charge is 0.472 e. The fraction of sp³-hybridized carbons (Fsp3) is 0.804. The van der Waals surface area contributed by atoms with Crippen LogP contribution in [0.3, 0.4) is 0 Å². The van der Waals surface area contributed by atoms with E-state index in [2.05, 4.69) is 67.8 Å². The highest BCUT2D eigenvalue weighted by atomic mass is 31.2. The van der Waals surface area contributed by atoms with Crippen LogP contribution in [0.1, 0.15) is 239 Å². The first-order valence-corrected chi connectivity index (χ1v) is 28.7. The zero-order valence-electron chi connectivity index (χ0n) is 43.2. The van der Waals surface area contributed by atoms with Gasteiger partial charge in [0, 0.05) is 6.42 Å². The van der Waals surface area contributed by atoms with Gasteiger partial charge in [-0.05, 0) is 77.0 Å². The molecule has 0 saturated heterocycles. The maximum absolute atomic E-state index is 12.9. The molecule has 0 saturated carbocycles. The summed E-state index contributed by atoms with van der Waals surface area (Å²) in [6.45, 7) is 4.79. The number of hydrogen-bond donors (Lipinski definition) is 3. The number of quaternary nitrogens is 1. The molecular formula is C56H106N2O6P+. The van der Waals surface area contributed by atoms with Gasteiger partial charge < -0.3 is 19.8 Å². The Morgan fingerprint density at radius 1 is 0.523 bits per heavy atom. The van der Waals surface area contributed by atoms with Gasteiger partial charge in [0.2, 0.25) is 5.91 Å². The number of carbonyl (C=O) groups excluding carboxylic acids is 1. The van der Waals surface area contributed by atoms with E-state index in [1.165, 1.54) is 161 Å². The molecule has 0 spiro atoms. The standard InChI is InChI=1S/C56H105N2O6P/c1-6-8-10-12-14-16-18-20-22-24-26-28-29-30-32-34-36-38-40-42-44-46-48-50-56(60)57-54(53-64-65(61,62)63-52-51-58(3,4)5)55(59)49-47-45-43-41-39-37-35-33-31-27-25-23-21-19-17-15-13-11-9-7-2/h26,28,30-33,39,41,47,49,54-55,59H,6-25,27,29,34-38,40,42-46,48,50-53H2,1-5H3,(H-,57,60,61,62)/p+1/b28-26-,32-30-,33-31+,41-39+,49-47+. The maximum Gasteiger partial charge on any atom is 0.472 e. The Morgan fingerprint density at radius 2 is 0.892 bits per heavy atom. The number of nitrogens with zero attached hydrogens (tertiary/aromatic N) is 1. The van der Waals surface area contributed by atoms with Crippen molar-refractivity contribution in [2.24, 2.45) is 0 Å². The van der Waals surface area contributed by atoms with Crippen LogP contribution in [0.5, 0.6) is 0 Å². The predicted octanol–water partition coefficient (Wildman–Crippen LogP) is 16.1. The molecule has 0 rings (SSSR count). The first-order valence-electron chi connectivity index (χ1n) is 27.2. The minimum atomic E-state index is -4.36. The second-order valence-electron chi connectivity index (χ2n) is 19.6. The molecule has 0 fully saturated rings. The van der Waals surface area contributed by atoms with Gasteiger partial charge in [-0.15, -0.1) is 0 Å². The number of phosphoric ester groups is 1. The number of aliphatic hydroxyl groups is 1. The molecule has 0 heterocycles. The third kappa shape index (κ3) is 49.9. The molecule has 0 aliphatic rings. The lowest BCUT2D eigenvalue weighted by molar-refractivity contribution is -0.870. The summed E-state index contributed by atoms with van der Waals surface area (Å²) < 4.78 is 23.6. The van der Waals surface area contributed by atoms with Crippen LogP contribution in [0, 0.1) is 0 Å². The van der Waals surface area contributed by atoms with Crippen LogP contribution < -0.4 is 5.32 Å². The summed E-state index contributed by atoms with van der Waals surface area (Å²) in [6.07, 6.45) is 63.1. The summed E-state index contributed by atoms with van der Waals surface area (Å²) in [4.78, 5) is 23.2. The van der Waals surface area contributed by atoms with Gasteiger partial charge in [-0.25, -0.2) is 4.57 Å². The van der Waals surface area contributed by atoms with Gasteiger partial charge in [-0.1, -0.05) is 216 Å². The van der Waals surface area contributed by atoms with Crippen molar-refractivity contribution in [2.75, 3.05) is 40.9 Å². The Morgan fingerprint density at radius 3 is 1.32 bits per heavy atom. The Balaban J connectivity index is 4.36. The van der Waals surface area contributed by atoms with Crippen LogP contribution in [0.15, 0.2) is 60.8 Å². The molecule has 8 nitrogen and oxygen atoms in total. The lowest BCUT2D eigenvalue weighted by Gasteiger charge is -2.25. The SMILES string of the molecule is CCCCCCCCCCC/C=C\C/C=C\CCCCCCCCCC(=O)NC(COP(=O)(O)OCC[N+](C)(C)C)C(O)/C=C/CC/C=C/CC/C=C/CCCCCCCCCCCC. The first-order chi connectivity index (χ1) is 31.5. The Bertz CT molecular complexity index is 1240. The van der Waals surface area contributed by atoms with E-state index in [4.69, 9.17) is 9.05 Å². The molecule has 380 valence electrons. The lowest BCUT2D eigenvalue weighted by Crippen LogP contribution is -2.45. The Kier molecular flexibility index (Phi) is 46.0. The fourth-order valence-electron chi connectivity index (χ4n) is 7.63. The number of allylic oxidation sites excluding steroid dienone is 9. The van der Waals surface area contributed by atoms with E-state index in [1.807, 2.05) is 27.2 Å². The quantitative estimate of drug-likeness (QED) is 0.0243. The average Bonchev–Trinajstić information content (AvgIpc) is 3.26. The highest BCUT2D eigenvalue weighted by Gasteiger charge is 2.27. The molecule has 3 N–H and O–H groups in total. The maximum atomic E-state index is 12.9. The molecule has 0 aromatic carbocycles. The molecule has 0 aliphatic carbocycles. The molecule has 65 heavy (non-hydrogen) atoms. The van der Waals surface area contributed by atoms with E-state index in [9.17, 15) is 19.4 Å². The van der Waals surface area contributed by atoms with Gasteiger partial charge in [0.25, 0.3) is 0 Å². The van der Waals surface area contributed by atoms with Crippen LogP contribution in [-0.2, 0) is 18.4 Å². The van der Waals surface area contributed by atoms with Crippen LogP contribution in [0.2, 0.25) is 0 Å². The molecule has 9 heteroatoms. The van der Waals surface area contributed by atoms with Gasteiger partial charge >= 0.3 is 7.82 Å². The van der Waals surface area contributed by atoms with Gasteiger partial charge in [0.15, 0.2) is 0 Å². The zero-order valence-corrected chi connectivity index (χ0v) is 44.1. The average molecular weight is 934 g/mol. The summed E-state index contributed by atoms with van der Waals surface area (Å²) in [5.41, 5.74) is 0. The van der Waals surface area contributed by atoms with Crippen molar-refractivity contribution < 1.29 is 32.9 Å². The topological polar surface area (TPSA) is 105 Å². The minimum absolute atomic E-state index is 0.0500. The van der Waals surface area contributed by atoms with Gasteiger partial charge in [0.05, 0.1) is 39.9 Å². The Labute approximate surface area is 402 Å². The van der Waals surface area contributed by atoms with E-state index >= 15 is 0 Å². The van der Waals surface area contributed by atoms with Gasteiger partial charge in [-0.2, -0.15) is 0 Å². The molecule has 0 aromatic rings. The second kappa shape index (κ2) is 47.3. The number of amides is 1. The monoisotopic (exact) mass is 934 g/mol. The summed E-state index contributed by atoms with van der Waals surface area (Å²) in [7, 11) is 1.54. The number of aliphatic hydroxyl groups excluding tert-OH is 1. The Hall–Kier alpha value is -1.80. The van der Waals surface area contributed by atoms with Crippen molar-refractivity contribution in [3.63, 3.8) is 0 Å². The smallest absolute Gasteiger partial charge is 0.387 e. The predicted molar refractivity (Wildman–Crippen MR) is 281 cm³/mol. The fourth-order valence-corrected chi connectivity index (χ4v) is 8.37. The van der Waals surface area contributed by atoms with Crippen molar-refractivity contribution in [3.05, 3.63) is 60.8 Å². The van der Waals surface area contributed by atoms with Crippen molar-refractivity contribution in [3.8, 4) is 0 Å². The molecular weight excluding hydrogens is 828 g/mol. The molecule has 0 bridgehead atoms. The number of phosphoric acid groups is 1. The third-order valence-electron chi connectivity index (χ3n) is 11.9. The van der Waals surface area contributed by atoms with Gasteiger partial charge in [0.1, 0.15) is 13.2 Å². The van der Waals surface area contributed by atoms with Crippen LogP contribution >= 0.6 is 7.82 Å². The van der Waals surface area contributed by atoms with E-state index in [1.54, 1.807) is 6.08 Å². The highest BCUT2D eigenvalue weighted by molar-refractivity contribution is 7.47. The molecule has 0 aliphatic heterocycles. The molecule has 0 radical (unpaired) electrons. The number of nitrogens with one attached hydrogen (secondary N) is 1. The number of hydrogen-bond acceptors (Lipinski definition) is 5. The number of carbonyl (C=O) groups is 1.